The lowest BCUT2D eigenvalue weighted by Gasteiger charge is -2.24. The van der Waals surface area contributed by atoms with Gasteiger partial charge >= 0.3 is 5.69 Å². The molecule has 1 aliphatic rings. The second-order valence-electron chi connectivity index (χ2n) is 5.16. The summed E-state index contributed by atoms with van der Waals surface area (Å²) in [6.45, 7) is 1.12. The van der Waals surface area contributed by atoms with Crippen LogP contribution in [0.4, 0.5) is 0 Å². The van der Waals surface area contributed by atoms with Crippen molar-refractivity contribution < 1.29 is 0 Å². The molecule has 0 bridgehead atoms. The van der Waals surface area contributed by atoms with E-state index in [1.807, 2.05) is 6.07 Å². The summed E-state index contributed by atoms with van der Waals surface area (Å²) < 4.78 is 0. The molecule has 1 aromatic carbocycles. The smallest absolute Gasteiger partial charge is 0.314 e. The Morgan fingerprint density at radius 1 is 1.21 bits per heavy atom. The standard InChI is InChI=1S/C15H19N3O/c19-15-17-10-14(18-15)13-7-2-1-5-11(13)9-12-6-3-4-8-16-12/h1-2,5,7,10,12,16H,3-4,6,8-9H2,(H2,17,18,19). The number of hydrogen-bond acceptors (Lipinski definition) is 2. The average Bonchev–Trinajstić information content (AvgIpc) is 2.87. The summed E-state index contributed by atoms with van der Waals surface area (Å²) in [6.07, 6.45) is 6.58. The summed E-state index contributed by atoms with van der Waals surface area (Å²) >= 11 is 0. The Bertz CT molecular complexity index is 593. The van der Waals surface area contributed by atoms with Gasteiger partial charge in [0.25, 0.3) is 0 Å². The Morgan fingerprint density at radius 2 is 2.11 bits per heavy atom. The molecule has 3 rings (SSSR count). The Morgan fingerprint density at radius 3 is 2.84 bits per heavy atom. The van der Waals surface area contributed by atoms with Crippen LogP contribution >= 0.6 is 0 Å². The zero-order chi connectivity index (χ0) is 13.1. The van der Waals surface area contributed by atoms with Gasteiger partial charge in [-0.2, -0.15) is 0 Å². The summed E-state index contributed by atoms with van der Waals surface area (Å²) in [5.41, 5.74) is 3.13. The average molecular weight is 257 g/mol. The first-order chi connectivity index (χ1) is 9.33. The van der Waals surface area contributed by atoms with Gasteiger partial charge in [0.15, 0.2) is 0 Å². The first-order valence-corrected chi connectivity index (χ1v) is 6.92. The maximum Gasteiger partial charge on any atom is 0.323 e. The molecule has 4 heteroatoms. The predicted molar refractivity (Wildman–Crippen MR) is 76.2 cm³/mol. The quantitative estimate of drug-likeness (QED) is 0.788. The molecule has 2 aromatic rings. The van der Waals surface area contributed by atoms with Crippen molar-refractivity contribution in [2.24, 2.45) is 0 Å². The lowest BCUT2D eigenvalue weighted by molar-refractivity contribution is 0.399. The second kappa shape index (κ2) is 5.45. The van der Waals surface area contributed by atoms with Crippen molar-refractivity contribution in [3.8, 4) is 11.3 Å². The topological polar surface area (TPSA) is 60.7 Å². The lowest BCUT2D eigenvalue weighted by atomic mass is 9.94. The molecule has 0 amide bonds. The first kappa shape index (κ1) is 12.2. The summed E-state index contributed by atoms with van der Waals surface area (Å²) in [5, 5.41) is 3.57. The van der Waals surface area contributed by atoms with E-state index in [9.17, 15) is 4.79 Å². The third kappa shape index (κ3) is 2.79. The SMILES string of the molecule is O=c1[nH]cc(-c2ccccc2CC2CCCCN2)[nH]1. The van der Waals surface area contributed by atoms with Crippen LogP contribution in [0.1, 0.15) is 24.8 Å². The molecule has 1 saturated heterocycles. The zero-order valence-electron chi connectivity index (χ0n) is 10.9. The van der Waals surface area contributed by atoms with E-state index >= 15 is 0 Å². The minimum atomic E-state index is -0.152. The molecule has 1 aliphatic heterocycles. The Balaban J connectivity index is 1.86. The molecule has 2 heterocycles. The third-order valence-electron chi connectivity index (χ3n) is 3.78. The van der Waals surface area contributed by atoms with Crippen LogP contribution in [-0.4, -0.2) is 22.6 Å². The van der Waals surface area contributed by atoms with Gasteiger partial charge in [-0.25, -0.2) is 4.79 Å². The van der Waals surface area contributed by atoms with Crippen molar-refractivity contribution in [1.29, 1.82) is 0 Å². The van der Waals surface area contributed by atoms with Crippen LogP contribution < -0.4 is 11.0 Å². The van der Waals surface area contributed by atoms with E-state index in [-0.39, 0.29) is 5.69 Å². The monoisotopic (exact) mass is 257 g/mol. The van der Waals surface area contributed by atoms with E-state index in [0.29, 0.717) is 6.04 Å². The molecule has 4 nitrogen and oxygen atoms in total. The van der Waals surface area contributed by atoms with Gasteiger partial charge in [0, 0.05) is 17.8 Å². The van der Waals surface area contributed by atoms with E-state index in [1.54, 1.807) is 6.20 Å². The largest absolute Gasteiger partial charge is 0.323 e. The van der Waals surface area contributed by atoms with E-state index in [1.165, 1.54) is 24.8 Å². The molecule has 0 aliphatic carbocycles. The number of nitrogens with one attached hydrogen (secondary N) is 3. The zero-order valence-corrected chi connectivity index (χ0v) is 10.9. The van der Waals surface area contributed by atoms with Crippen molar-refractivity contribution in [1.82, 2.24) is 15.3 Å². The highest BCUT2D eigenvalue weighted by molar-refractivity contribution is 5.62. The molecule has 1 unspecified atom stereocenters. The van der Waals surface area contributed by atoms with Crippen molar-refractivity contribution in [2.45, 2.75) is 31.7 Å². The first-order valence-electron chi connectivity index (χ1n) is 6.92. The van der Waals surface area contributed by atoms with Crippen LogP contribution in [0.5, 0.6) is 0 Å². The maximum atomic E-state index is 11.2. The molecule has 0 radical (unpaired) electrons. The molecule has 1 atom stereocenters. The summed E-state index contributed by atoms with van der Waals surface area (Å²) in [6, 6.07) is 8.85. The van der Waals surface area contributed by atoms with E-state index in [2.05, 4.69) is 33.5 Å². The van der Waals surface area contributed by atoms with Crippen LogP contribution in [-0.2, 0) is 6.42 Å². The van der Waals surface area contributed by atoms with Gasteiger partial charge in [-0.05, 0) is 31.4 Å². The lowest BCUT2D eigenvalue weighted by Crippen LogP contribution is -2.35. The molecule has 1 fully saturated rings. The van der Waals surface area contributed by atoms with Crippen molar-refractivity contribution in [2.75, 3.05) is 6.54 Å². The maximum absolute atomic E-state index is 11.2. The fraction of sp³-hybridized carbons (Fsp3) is 0.400. The molecular weight excluding hydrogens is 238 g/mol. The Hall–Kier alpha value is -1.81. The van der Waals surface area contributed by atoms with Gasteiger partial charge in [0.1, 0.15) is 0 Å². The van der Waals surface area contributed by atoms with E-state index in [0.717, 1.165) is 24.2 Å². The molecule has 1 aromatic heterocycles. The number of piperidine rings is 1. The number of benzene rings is 1. The molecule has 0 spiro atoms. The van der Waals surface area contributed by atoms with Crippen LogP contribution in [0.25, 0.3) is 11.3 Å². The minimum Gasteiger partial charge on any atom is -0.314 e. The van der Waals surface area contributed by atoms with Crippen LogP contribution in [0.3, 0.4) is 0 Å². The van der Waals surface area contributed by atoms with E-state index < -0.39 is 0 Å². The van der Waals surface area contributed by atoms with Crippen molar-refractivity contribution >= 4 is 0 Å². The van der Waals surface area contributed by atoms with Gasteiger partial charge < -0.3 is 15.3 Å². The number of aromatic nitrogens is 2. The molecule has 3 N–H and O–H groups in total. The van der Waals surface area contributed by atoms with Crippen LogP contribution in [0.15, 0.2) is 35.3 Å². The Kier molecular flexibility index (Phi) is 3.51. The summed E-state index contributed by atoms with van der Waals surface area (Å²) in [7, 11) is 0. The second-order valence-corrected chi connectivity index (χ2v) is 5.16. The number of aromatic amines is 2. The van der Waals surface area contributed by atoms with Crippen molar-refractivity contribution in [3.05, 3.63) is 46.5 Å². The number of hydrogen-bond donors (Lipinski definition) is 3. The van der Waals surface area contributed by atoms with Crippen LogP contribution in [0, 0.1) is 0 Å². The number of rotatable bonds is 3. The molecule has 19 heavy (non-hydrogen) atoms. The highest BCUT2D eigenvalue weighted by Crippen LogP contribution is 2.23. The predicted octanol–water partition coefficient (Wildman–Crippen LogP) is 2.05. The van der Waals surface area contributed by atoms with E-state index in [4.69, 9.17) is 0 Å². The molecule has 0 saturated carbocycles. The van der Waals surface area contributed by atoms with Gasteiger partial charge in [-0.1, -0.05) is 30.7 Å². The number of H-pyrrole nitrogens is 2. The minimum absolute atomic E-state index is 0.152. The third-order valence-corrected chi connectivity index (χ3v) is 3.78. The fourth-order valence-corrected chi connectivity index (χ4v) is 2.80. The summed E-state index contributed by atoms with van der Waals surface area (Å²) in [5.74, 6) is 0. The fourth-order valence-electron chi connectivity index (χ4n) is 2.80. The van der Waals surface area contributed by atoms with Gasteiger partial charge in [-0.3, -0.25) is 0 Å². The molecule has 100 valence electrons. The van der Waals surface area contributed by atoms with Crippen molar-refractivity contribution in [3.63, 3.8) is 0 Å². The highest BCUT2D eigenvalue weighted by Gasteiger charge is 2.15. The van der Waals surface area contributed by atoms with Gasteiger partial charge in [-0.15, -0.1) is 0 Å². The normalized spacial score (nSPS) is 19.5. The highest BCUT2D eigenvalue weighted by atomic mass is 16.1. The summed E-state index contributed by atoms with van der Waals surface area (Å²) in [4.78, 5) is 16.8. The number of imidazole rings is 1. The van der Waals surface area contributed by atoms with Gasteiger partial charge in [0.2, 0.25) is 0 Å². The van der Waals surface area contributed by atoms with Gasteiger partial charge in [0.05, 0.1) is 5.69 Å². The molecular formula is C15H19N3O. The van der Waals surface area contributed by atoms with Crippen LogP contribution in [0.2, 0.25) is 0 Å². The Labute approximate surface area is 112 Å².